The molecule has 0 aliphatic carbocycles. The molecule has 0 aliphatic heterocycles. The number of aliphatic hydroxyl groups is 1. The van der Waals surface area contributed by atoms with Crippen molar-refractivity contribution in [2.45, 2.75) is 392 Å². The summed E-state index contributed by atoms with van der Waals surface area (Å²) in [5, 5.41) is 9.69. The fraction of sp³-hybridized carbons (Fsp3) is 0.913. The molecule has 5 nitrogen and oxygen atoms in total. The minimum absolute atomic E-state index is 0.0579. The van der Waals surface area contributed by atoms with E-state index in [1.165, 1.54) is 321 Å². The maximum absolute atomic E-state index is 12.4. The van der Waals surface area contributed by atoms with Crippen molar-refractivity contribution in [1.29, 1.82) is 0 Å². The van der Waals surface area contributed by atoms with Crippen LogP contribution in [-0.4, -0.2) is 36.4 Å². The van der Waals surface area contributed by atoms with Crippen molar-refractivity contribution in [3.05, 3.63) is 24.3 Å². The Morgan fingerprint density at radius 3 is 0.797 bits per heavy atom. The molecule has 1 N–H and O–H groups in total. The van der Waals surface area contributed by atoms with Gasteiger partial charge in [0.05, 0.1) is 6.61 Å². The van der Waals surface area contributed by atoms with Crippen molar-refractivity contribution in [3.63, 3.8) is 0 Å². The van der Waals surface area contributed by atoms with Crippen LogP contribution in [0.1, 0.15) is 386 Å². The minimum Gasteiger partial charge on any atom is -0.462 e. The summed E-state index contributed by atoms with van der Waals surface area (Å²) in [6.45, 7) is 4.20. The fourth-order valence-electron chi connectivity index (χ4n) is 10.7. The molecule has 5 heteroatoms. The number of aliphatic hydroxyl groups excluding tert-OH is 1. The average molecular weight is 1040 g/mol. The van der Waals surface area contributed by atoms with Crippen LogP contribution in [0, 0.1) is 0 Å². The van der Waals surface area contributed by atoms with Crippen molar-refractivity contribution in [2.24, 2.45) is 0 Å². The second kappa shape index (κ2) is 65.7. The molecule has 0 saturated heterocycles. The molecule has 0 aromatic carbocycles. The monoisotopic (exact) mass is 1040 g/mol. The molecule has 0 rings (SSSR count). The van der Waals surface area contributed by atoms with Crippen LogP contribution >= 0.6 is 0 Å². The van der Waals surface area contributed by atoms with E-state index < -0.39 is 6.10 Å². The van der Waals surface area contributed by atoms with Crippen molar-refractivity contribution < 1.29 is 24.2 Å². The quantitative estimate of drug-likeness (QED) is 0.0373. The van der Waals surface area contributed by atoms with E-state index in [1.54, 1.807) is 0 Å². The van der Waals surface area contributed by atoms with Gasteiger partial charge in [0.25, 0.3) is 0 Å². The lowest BCUT2D eigenvalue weighted by molar-refractivity contribution is -0.161. The first kappa shape index (κ1) is 72.4. The smallest absolute Gasteiger partial charge is 0.306 e. The predicted molar refractivity (Wildman–Crippen MR) is 325 cm³/mol. The Kier molecular flexibility index (Phi) is 64.2. The third kappa shape index (κ3) is 62.9. The Balaban J connectivity index is 3.38. The Hall–Kier alpha value is -1.62. The molecule has 1 unspecified atom stereocenters. The standard InChI is InChI=1S/C69H132O5/c1-3-5-7-9-11-13-15-17-19-21-23-25-27-29-31-33-34-36-38-40-42-44-46-48-50-52-54-56-58-60-62-64-69(72)74-67(65-70)66-73-68(71)63-61-59-57-55-53-51-49-47-45-43-41-39-37-35-32-30-28-26-24-22-20-18-16-14-12-10-8-6-4-2/h15,17,21,23,67,70H,3-14,16,18-20,22,24-66H2,1-2H3/b17-15-,23-21-. The number of carbonyl (C=O) groups is 2. The van der Waals surface area contributed by atoms with Crippen molar-refractivity contribution in [2.75, 3.05) is 13.2 Å². The third-order valence-electron chi connectivity index (χ3n) is 15.7. The Bertz CT molecular complexity index is 1130. The number of unbranched alkanes of at least 4 members (excludes halogenated alkanes) is 52. The van der Waals surface area contributed by atoms with E-state index >= 15 is 0 Å². The highest BCUT2D eigenvalue weighted by Crippen LogP contribution is 2.19. The van der Waals surface area contributed by atoms with Gasteiger partial charge < -0.3 is 14.6 Å². The molecule has 0 spiro atoms. The van der Waals surface area contributed by atoms with E-state index in [9.17, 15) is 14.7 Å². The van der Waals surface area contributed by atoms with Gasteiger partial charge in [0.1, 0.15) is 6.61 Å². The second-order valence-electron chi connectivity index (χ2n) is 23.3. The third-order valence-corrected chi connectivity index (χ3v) is 15.7. The molecule has 74 heavy (non-hydrogen) atoms. The van der Waals surface area contributed by atoms with Gasteiger partial charge in [0, 0.05) is 12.8 Å². The van der Waals surface area contributed by atoms with Gasteiger partial charge in [-0.05, 0) is 44.9 Å². The molecule has 1 atom stereocenters. The summed E-state index contributed by atoms with van der Waals surface area (Å²) in [6, 6.07) is 0. The predicted octanol–water partition coefficient (Wildman–Crippen LogP) is 23.2. The Morgan fingerprint density at radius 2 is 0.541 bits per heavy atom. The van der Waals surface area contributed by atoms with E-state index in [1.807, 2.05) is 0 Å². The summed E-state index contributed by atoms with van der Waals surface area (Å²) in [5.74, 6) is -0.564. The van der Waals surface area contributed by atoms with Gasteiger partial charge >= 0.3 is 11.9 Å². The summed E-state index contributed by atoms with van der Waals surface area (Å²) in [5.41, 5.74) is 0. The molecule has 0 aromatic heterocycles. The van der Waals surface area contributed by atoms with Gasteiger partial charge in [-0.2, -0.15) is 0 Å². The molecule has 0 fully saturated rings. The molecule has 0 radical (unpaired) electrons. The maximum atomic E-state index is 12.4. The summed E-state index contributed by atoms with van der Waals surface area (Å²) >= 11 is 0. The highest BCUT2D eigenvalue weighted by atomic mass is 16.6. The topological polar surface area (TPSA) is 72.8 Å². The van der Waals surface area contributed by atoms with E-state index in [2.05, 4.69) is 38.2 Å². The molecule has 0 aliphatic rings. The Labute approximate surface area is 464 Å². The van der Waals surface area contributed by atoms with Crippen LogP contribution in [0.2, 0.25) is 0 Å². The zero-order valence-electron chi connectivity index (χ0n) is 50.4. The second-order valence-corrected chi connectivity index (χ2v) is 23.3. The minimum atomic E-state index is -0.768. The normalized spacial score (nSPS) is 12.2. The first-order chi connectivity index (χ1) is 36.6. The lowest BCUT2D eigenvalue weighted by atomic mass is 10.0. The van der Waals surface area contributed by atoms with Gasteiger partial charge in [-0.25, -0.2) is 0 Å². The summed E-state index contributed by atoms with van der Waals surface area (Å²) < 4.78 is 10.8. The summed E-state index contributed by atoms with van der Waals surface area (Å²) in [4.78, 5) is 24.6. The van der Waals surface area contributed by atoms with Gasteiger partial charge in [-0.3, -0.25) is 9.59 Å². The molecule has 0 heterocycles. The van der Waals surface area contributed by atoms with Gasteiger partial charge in [0.15, 0.2) is 6.10 Å². The molecule has 0 aromatic rings. The van der Waals surface area contributed by atoms with Crippen molar-refractivity contribution >= 4 is 11.9 Å². The zero-order valence-corrected chi connectivity index (χ0v) is 50.4. The number of carbonyl (C=O) groups excluding carboxylic acids is 2. The maximum Gasteiger partial charge on any atom is 0.306 e. The highest BCUT2D eigenvalue weighted by molar-refractivity contribution is 5.70. The van der Waals surface area contributed by atoms with E-state index in [0.29, 0.717) is 12.8 Å². The van der Waals surface area contributed by atoms with Crippen LogP contribution in [0.4, 0.5) is 0 Å². The first-order valence-corrected chi connectivity index (χ1v) is 33.9. The molecule has 0 amide bonds. The van der Waals surface area contributed by atoms with Gasteiger partial charge in [-0.1, -0.05) is 353 Å². The van der Waals surface area contributed by atoms with E-state index in [4.69, 9.17) is 9.47 Å². The van der Waals surface area contributed by atoms with Crippen LogP contribution in [0.3, 0.4) is 0 Å². The Morgan fingerprint density at radius 1 is 0.311 bits per heavy atom. The SMILES string of the molecule is CCCCCCC/C=C\C/C=C\CCCCCCCCCCCCCCCCCCCCCC(=O)OC(CO)COC(=O)CCCCCCCCCCCCCCCCCCCCCCCCCCCCCCC. The first-order valence-electron chi connectivity index (χ1n) is 33.9. The fourth-order valence-corrected chi connectivity index (χ4v) is 10.7. The van der Waals surface area contributed by atoms with E-state index in [0.717, 1.165) is 38.5 Å². The van der Waals surface area contributed by atoms with Crippen LogP contribution in [0.25, 0.3) is 0 Å². The van der Waals surface area contributed by atoms with Crippen LogP contribution < -0.4 is 0 Å². The number of esters is 2. The lowest BCUT2D eigenvalue weighted by Crippen LogP contribution is -2.28. The van der Waals surface area contributed by atoms with Gasteiger partial charge in [-0.15, -0.1) is 0 Å². The van der Waals surface area contributed by atoms with Crippen molar-refractivity contribution in [3.8, 4) is 0 Å². The molecular weight excluding hydrogens is 909 g/mol. The van der Waals surface area contributed by atoms with Gasteiger partial charge in [0.2, 0.25) is 0 Å². The largest absolute Gasteiger partial charge is 0.462 e. The molecule has 0 saturated carbocycles. The summed E-state index contributed by atoms with van der Waals surface area (Å²) in [7, 11) is 0. The number of hydrogen-bond acceptors (Lipinski definition) is 5. The molecule has 438 valence electrons. The molecule has 0 bridgehead atoms. The lowest BCUT2D eigenvalue weighted by Gasteiger charge is -2.15. The van der Waals surface area contributed by atoms with Crippen LogP contribution in [0.5, 0.6) is 0 Å². The van der Waals surface area contributed by atoms with Crippen LogP contribution in [-0.2, 0) is 19.1 Å². The summed E-state index contributed by atoms with van der Waals surface area (Å²) in [6.07, 6.45) is 84.9. The zero-order chi connectivity index (χ0) is 53.4. The van der Waals surface area contributed by atoms with E-state index in [-0.39, 0.29) is 25.2 Å². The number of hydrogen-bond donors (Lipinski definition) is 1. The highest BCUT2D eigenvalue weighted by Gasteiger charge is 2.16. The molecular formula is C69H132O5. The number of allylic oxidation sites excluding steroid dienone is 4. The average Bonchev–Trinajstić information content (AvgIpc) is 3.40. The number of rotatable bonds is 64. The number of ether oxygens (including phenoxy) is 2. The van der Waals surface area contributed by atoms with Crippen molar-refractivity contribution in [1.82, 2.24) is 0 Å². The van der Waals surface area contributed by atoms with Crippen LogP contribution in [0.15, 0.2) is 24.3 Å².